The van der Waals surface area contributed by atoms with Crippen molar-refractivity contribution >= 4 is 23.1 Å². The topological polar surface area (TPSA) is 163 Å². The fourth-order valence-electron chi connectivity index (χ4n) is 2.71. The van der Waals surface area contributed by atoms with E-state index in [1.54, 1.807) is 18.2 Å². The summed E-state index contributed by atoms with van der Waals surface area (Å²) in [6.45, 7) is 0.870. The van der Waals surface area contributed by atoms with Crippen molar-refractivity contribution < 1.29 is 9.72 Å². The zero-order valence-corrected chi connectivity index (χ0v) is 15.4. The number of nitrogens with zero attached hydrogens (tertiary/aromatic N) is 3. The maximum Gasteiger partial charge on any atom is 0.292 e. The number of aromatic amines is 1. The summed E-state index contributed by atoms with van der Waals surface area (Å²) in [6, 6.07) is 8.36. The first kappa shape index (κ1) is 20.7. The van der Waals surface area contributed by atoms with Gasteiger partial charge in [-0.15, -0.1) is 0 Å². The van der Waals surface area contributed by atoms with Crippen molar-refractivity contribution in [1.82, 2.24) is 15.5 Å². The first-order valence-corrected chi connectivity index (χ1v) is 8.99. The number of nitrogen functional groups attached to an aromatic ring is 1. The van der Waals surface area contributed by atoms with Gasteiger partial charge in [0, 0.05) is 25.6 Å². The van der Waals surface area contributed by atoms with Crippen molar-refractivity contribution in [3.05, 3.63) is 45.6 Å². The molecule has 0 aliphatic rings. The molecular formula is C18H23N7O3. The molecule has 28 heavy (non-hydrogen) atoms. The molecule has 2 rings (SSSR count). The molecule has 0 atom stereocenters. The third-order valence-electron chi connectivity index (χ3n) is 4.18. The molecule has 0 saturated carbocycles. The van der Waals surface area contributed by atoms with E-state index >= 15 is 0 Å². The van der Waals surface area contributed by atoms with Gasteiger partial charge in [-0.1, -0.05) is 18.6 Å². The number of nitro benzene ring substituents is 1. The number of amides is 1. The van der Waals surface area contributed by atoms with Crippen LogP contribution in [0.2, 0.25) is 0 Å². The lowest BCUT2D eigenvalue weighted by Gasteiger charge is -2.08. The molecular weight excluding hydrogens is 362 g/mol. The number of unbranched alkanes of at least 4 members (excludes halogenated alkanes) is 2. The van der Waals surface area contributed by atoms with Crippen LogP contribution in [0, 0.1) is 21.4 Å². The van der Waals surface area contributed by atoms with Gasteiger partial charge in [-0.3, -0.25) is 20.0 Å². The van der Waals surface area contributed by atoms with Crippen molar-refractivity contribution in [3.8, 4) is 6.07 Å². The highest BCUT2D eigenvalue weighted by Gasteiger charge is 2.12. The molecule has 0 aliphatic heterocycles. The van der Waals surface area contributed by atoms with E-state index in [0.29, 0.717) is 30.8 Å². The Morgan fingerprint density at radius 3 is 2.82 bits per heavy atom. The van der Waals surface area contributed by atoms with Crippen molar-refractivity contribution in [1.29, 1.82) is 5.26 Å². The molecule has 0 fully saturated rings. The summed E-state index contributed by atoms with van der Waals surface area (Å²) < 4.78 is 0. The Balaban J connectivity index is 1.58. The molecule has 0 saturated heterocycles. The molecule has 1 aromatic carbocycles. The fraction of sp³-hybridized carbons (Fsp3) is 0.389. The number of nitrogens with two attached hydrogens (primary N) is 1. The number of benzene rings is 1. The summed E-state index contributed by atoms with van der Waals surface area (Å²) in [7, 11) is 0. The number of hydrogen-bond donors (Lipinski definition) is 4. The number of hydrogen-bond acceptors (Lipinski definition) is 7. The van der Waals surface area contributed by atoms with Crippen LogP contribution in [-0.4, -0.2) is 34.1 Å². The van der Waals surface area contributed by atoms with Crippen molar-refractivity contribution in [2.75, 3.05) is 24.1 Å². The molecule has 0 radical (unpaired) electrons. The predicted molar refractivity (Wildman–Crippen MR) is 104 cm³/mol. The molecule has 0 spiro atoms. The van der Waals surface area contributed by atoms with Gasteiger partial charge in [0.1, 0.15) is 17.3 Å². The van der Waals surface area contributed by atoms with Gasteiger partial charge in [0.05, 0.1) is 10.6 Å². The van der Waals surface area contributed by atoms with E-state index in [1.165, 1.54) is 6.07 Å². The maximum absolute atomic E-state index is 11.8. The van der Waals surface area contributed by atoms with Gasteiger partial charge in [-0.2, -0.15) is 10.4 Å². The van der Waals surface area contributed by atoms with Crippen LogP contribution in [0.5, 0.6) is 0 Å². The number of aromatic nitrogens is 2. The van der Waals surface area contributed by atoms with Crippen LogP contribution in [0.1, 0.15) is 36.9 Å². The van der Waals surface area contributed by atoms with E-state index in [-0.39, 0.29) is 23.8 Å². The van der Waals surface area contributed by atoms with Gasteiger partial charge in [-0.05, 0) is 25.3 Å². The van der Waals surface area contributed by atoms with E-state index < -0.39 is 4.92 Å². The van der Waals surface area contributed by atoms with E-state index in [0.717, 1.165) is 25.0 Å². The molecule has 1 amide bonds. The van der Waals surface area contributed by atoms with Crippen molar-refractivity contribution in [3.63, 3.8) is 0 Å². The third kappa shape index (κ3) is 5.98. The summed E-state index contributed by atoms with van der Waals surface area (Å²) in [5, 5.41) is 32.3. The van der Waals surface area contributed by atoms with Crippen LogP contribution in [0.3, 0.4) is 0 Å². The van der Waals surface area contributed by atoms with Gasteiger partial charge >= 0.3 is 0 Å². The fourth-order valence-corrected chi connectivity index (χ4v) is 2.71. The first-order valence-electron chi connectivity index (χ1n) is 8.99. The molecule has 1 aromatic heterocycles. The Bertz CT molecular complexity index is 857. The number of rotatable bonds is 11. The van der Waals surface area contributed by atoms with Crippen molar-refractivity contribution in [2.24, 2.45) is 0 Å². The normalized spacial score (nSPS) is 10.2. The van der Waals surface area contributed by atoms with Crippen LogP contribution < -0.4 is 16.4 Å². The van der Waals surface area contributed by atoms with Crippen LogP contribution in [0.4, 0.5) is 17.2 Å². The molecule has 0 unspecified atom stereocenters. The third-order valence-corrected chi connectivity index (χ3v) is 4.18. The molecule has 1 heterocycles. The Labute approximate surface area is 162 Å². The summed E-state index contributed by atoms with van der Waals surface area (Å²) in [6.07, 6.45) is 3.46. The average molecular weight is 385 g/mol. The quantitative estimate of drug-likeness (QED) is 0.261. The van der Waals surface area contributed by atoms with Crippen LogP contribution >= 0.6 is 0 Å². The lowest BCUT2D eigenvalue weighted by Crippen LogP contribution is -2.26. The lowest BCUT2D eigenvalue weighted by atomic mass is 10.1. The van der Waals surface area contributed by atoms with E-state index in [4.69, 9.17) is 11.0 Å². The number of carbonyl (C=O) groups is 1. The zero-order valence-electron chi connectivity index (χ0n) is 15.4. The monoisotopic (exact) mass is 385 g/mol. The number of anilines is 2. The number of nitrogens with one attached hydrogen (secondary N) is 3. The van der Waals surface area contributed by atoms with E-state index in [9.17, 15) is 14.9 Å². The molecule has 2 aromatic rings. The number of nitro groups is 1. The minimum atomic E-state index is -0.459. The SMILES string of the molecule is N#Cc1c(N)n[nH]c1CCCCCNC(=O)CCNc1ccccc1[N+](=O)[O-]. The maximum atomic E-state index is 11.8. The molecule has 5 N–H and O–H groups in total. The second-order valence-corrected chi connectivity index (χ2v) is 6.19. The molecule has 10 nitrogen and oxygen atoms in total. The number of H-pyrrole nitrogens is 1. The van der Waals surface area contributed by atoms with Gasteiger partial charge < -0.3 is 16.4 Å². The van der Waals surface area contributed by atoms with Crippen LogP contribution in [0.25, 0.3) is 0 Å². The van der Waals surface area contributed by atoms with Crippen LogP contribution in [-0.2, 0) is 11.2 Å². The summed E-state index contributed by atoms with van der Waals surface area (Å²) in [5.74, 6) is 0.110. The molecule has 10 heteroatoms. The standard InChI is InChI=1S/C18H23N7O3/c19-12-13-14(23-24-18(13)20)6-2-1-5-10-22-17(26)9-11-21-15-7-3-4-8-16(15)25(27)28/h3-4,7-8,21H,1-2,5-6,9-11H2,(H,22,26)(H3,20,23,24). The number of carbonyl (C=O) groups excluding carboxylic acids is 1. The summed E-state index contributed by atoms with van der Waals surface area (Å²) in [5.41, 5.74) is 7.12. The van der Waals surface area contributed by atoms with Gasteiger partial charge in [0.2, 0.25) is 5.91 Å². The lowest BCUT2D eigenvalue weighted by molar-refractivity contribution is -0.384. The summed E-state index contributed by atoms with van der Waals surface area (Å²) in [4.78, 5) is 22.3. The highest BCUT2D eigenvalue weighted by atomic mass is 16.6. The van der Waals surface area contributed by atoms with E-state index in [1.807, 2.05) is 6.07 Å². The number of aryl methyl sites for hydroxylation is 1. The Hall–Kier alpha value is -3.61. The smallest absolute Gasteiger partial charge is 0.292 e. The molecule has 0 bridgehead atoms. The minimum Gasteiger partial charge on any atom is -0.381 e. The summed E-state index contributed by atoms with van der Waals surface area (Å²) >= 11 is 0. The van der Waals surface area contributed by atoms with Crippen LogP contribution in [0.15, 0.2) is 24.3 Å². The highest BCUT2D eigenvalue weighted by Crippen LogP contribution is 2.22. The second-order valence-electron chi connectivity index (χ2n) is 6.19. The second kappa shape index (κ2) is 10.5. The Kier molecular flexibility index (Phi) is 7.77. The number of nitriles is 1. The highest BCUT2D eigenvalue weighted by molar-refractivity contribution is 5.76. The largest absolute Gasteiger partial charge is 0.381 e. The first-order chi connectivity index (χ1) is 13.5. The average Bonchev–Trinajstić information content (AvgIpc) is 3.04. The van der Waals surface area contributed by atoms with Gasteiger partial charge in [0.25, 0.3) is 5.69 Å². The molecule has 0 aliphatic carbocycles. The van der Waals surface area contributed by atoms with Crippen molar-refractivity contribution in [2.45, 2.75) is 32.1 Å². The Morgan fingerprint density at radius 1 is 1.29 bits per heavy atom. The number of para-hydroxylation sites is 2. The van der Waals surface area contributed by atoms with E-state index in [2.05, 4.69) is 20.8 Å². The Morgan fingerprint density at radius 2 is 2.07 bits per heavy atom. The van der Waals surface area contributed by atoms with Gasteiger partial charge in [-0.25, -0.2) is 0 Å². The van der Waals surface area contributed by atoms with Gasteiger partial charge in [0.15, 0.2) is 5.82 Å². The zero-order chi connectivity index (χ0) is 20.4. The molecule has 148 valence electrons. The minimum absolute atomic E-state index is 0.0125. The predicted octanol–water partition coefficient (Wildman–Crippen LogP) is 2.10.